The highest BCUT2D eigenvalue weighted by Crippen LogP contribution is 2.23. The first kappa shape index (κ1) is 7.19. The van der Waals surface area contributed by atoms with Gasteiger partial charge >= 0.3 is 0 Å². The first-order valence-electron chi connectivity index (χ1n) is 3.42. The lowest BCUT2D eigenvalue weighted by atomic mass is 9.95. The molecule has 0 aromatic rings. The zero-order valence-corrected chi connectivity index (χ0v) is 6.20. The molecule has 0 saturated carbocycles. The monoisotopic (exact) mass is 140 g/mol. The van der Waals surface area contributed by atoms with Crippen LogP contribution in [0.2, 0.25) is 0 Å². The third-order valence-corrected chi connectivity index (χ3v) is 1.77. The van der Waals surface area contributed by atoms with Crippen LogP contribution < -0.4 is 0 Å². The van der Waals surface area contributed by atoms with Gasteiger partial charge in [0.05, 0.1) is 11.5 Å². The second-order valence-electron chi connectivity index (χ2n) is 2.76. The summed E-state index contributed by atoms with van der Waals surface area (Å²) < 4.78 is 0. The van der Waals surface area contributed by atoms with Gasteiger partial charge < -0.3 is 10.2 Å². The second-order valence-corrected chi connectivity index (χ2v) is 2.76. The Kier molecular flexibility index (Phi) is 1.70. The molecule has 2 heteroatoms. The summed E-state index contributed by atoms with van der Waals surface area (Å²) in [7, 11) is 0. The van der Waals surface area contributed by atoms with E-state index in [-0.39, 0.29) is 11.8 Å². The standard InChI is InChI=1S/C8H12O2/c1-5-3-8(10)6(2)4-7(5)9/h3-6,9-10H,1-2H3. The molecule has 56 valence electrons. The second kappa shape index (κ2) is 2.37. The maximum Gasteiger partial charge on any atom is 0.0957 e. The van der Waals surface area contributed by atoms with Crippen molar-refractivity contribution in [3.8, 4) is 0 Å². The van der Waals surface area contributed by atoms with Crippen molar-refractivity contribution in [2.45, 2.75) is 13.8 Å². The first-order chi connectivity index (χ1) is 4.61. The largest absolute Gasteiger partial charge is 0.512 e. The topological polar surface area (TPSA) is 40.5 Å². The van der Waals surface area contributed by atoms with E-state index in [1.807, 2.05) is 13.8 Å². The average molecular weight is 140 g/mol. The first-order valence-corrected chi connectivity index (χ1v) is 3.42. The van der Waals surface area contributed by atoms with Gasteiger partial charge in [0.1, 0.15) is 0 Å². The molecule has 0 saturated heterocycles. The Morgan fingerprint density at radius 3 is 1.60 bits per heavy atom. The van der Waals surface area contributed by atoms with Crippen LogP contribution in [0.3, 0.4) is 0 Å². The molecule has 1 rings (SSSR count). The molecule has 0 radical (unpaired) electrons. The van der Waals surface area contributed by atoms with Gasteiger partial charge in [-0.2, -0.15) is 0 Å². The fraction of sp³-hybridized carbons (Fsp3) is 0.500. The van der Waals surface area contributed by atoms with Crippen LogP contribution in [0, 0.1) is 11.8 Å². The lowest BCUT2D eigenvalue weighted by Gasteiger charge is -2.16. The van der Waals surface area contributed by atoms with Gasteiger partial charge in [0, 0.05) is 11.8 Å². The van der Waals surface area contributed by atoms with Gasteiger partial charge in [0.2, 0.25) is 0 Å². The van der Waals surface area contributed by atoms with Crippen LogP contribution in [0.4, 0.5) is 0 Å². The van der Waals surface area contributed by atoms with Crippen LogP contribution in [0.15, 0.2) is 23.7 Å². The SMILES string of the molecule is CC1C=C(O)C(C)C=C1O. The zero-order valence-electron chi connectivity index (χ0n) is 6.20. The van der Waals surface area contributed by atoms with E-state index in [2.05, 4.69) is 0 Å². The highest BCUT2D eigenvalue weighted by molar-refractivity contribution is 5.19. The van der Waals surface area contributed by atoms with Gasteiger partial charge in [0.15, 0.2) is 0 Å². The maximum atomic E-state index is 9.17. The van der Waals surface area contributed by atoms with E-state index in [0.29, 0.717) is 11.5 Å². The van der Waals surface area contributed by atoms with Gasteiger partial charge in [-0.3, -0.25) is 0 Å². The van der Waals surface area contributed by atoms with Crippen LogP contribution in [-0.4, -0.2) is 10.2 Å². The van der Waals surface area contributed by atoms with Gasteiger partial charge in [-0.1, -0.05) is 13.8 Å². The van der Waals surface area contributed by atoms with Crippen LogP contribution in [0.25, 0.3) is 0 Å². The molecule has 2 N–H and O–H groups in total. The number of aliphatic hydroxyl groups excluding tert-OH is 2. The Bertz CT molecular complexity index is 169. The normalized spacial score (nSPS) is 33.0. The number of aliphatic hydroxyl groups is 2. The molecule has 0 aromatic carbocycles. The van der Waals surface area contributed by atoms with E-state index < -0.39 is 0 Å². The lowest BCUT2D eigenvalue weighted by Crippen LogP contribution is -2.08. The van der Waals surface area contributed by atoms with E-state index in [4.69, 9.17) is 0 Å². The minimum Gasteiger partial charge on any atom is -0.512 e. The minimum absolute atomic E-state index is 0.0313. The summed E-state index contributed by atoms with van der Waals surface area (Å²) in [6.45, 7) is 3.68. The van der Waals surface area contributed by atoms with Gasteiger partial charge in [-0.15, -0.1) is 0 Å². The van der Waals surface area contributed by atoms with Crippen molar-refractivity contribution in [3.63, 3.8) is 0 Å². The summed E-state index contributed by atoms with van der Waals surface area (Å²) in [5.41, 5.74) is 0. The highest BCUT2D eigenvalue weighted by Gasteiger charge is 2.16. The van der Waals surface area contributed by atoms with Crippen molar-refractivity contribution in [2.75, 3.05) is 0 Å². The van der Waals surface area contributed by atoms with Crippen LogP contribution >= 0.6 is 0 Å². The molecule has 1 aliphatic rings. The minimum atomic E-state index is -0.0313. The lowest BCUT2D eigenvalue weighted by molar-refractivity contribution is 0.310. The van der Waals surface area contributed by atoms with Crippen molar-refractivity contribution in [1.29, 1.82) is 0 Å². The summed E-state index contributed by atoms with van der Waals surface area (Å²) >= 11 is 0. The smallest absolute Gasteiger partial charge is 0.0957 e. The fourth-order valence-electron chi connectivity index (χ4n) is 0.987. The Morgan fingerprint density at radius 2 is 1.30 bits per heavy atom. The van der Waals surface area contributed by atoms with E-state index >= 15 is 0 Å². The molecule has 2 unspecified atom stereocenters. The summed E-state index contributed by atoms with van der Waals surface area (Å²) in [4.78, 5) is 0. The molecule has 0 amide bonds. The number of hydrogen-bond acceptors (Lipinski definition) is 2. The fourth-order valence-corrected chi connectivity index (χ4v) is 0.987. The number of allylic oxidation sites excluding steroid dienone is 2. The average Bonchev–Trinajstić information content (AvgIpc) is 1.84. The van der Waals surface area contributed by atoms with Crippen molar-refractivity contribution in [3.05, 3.63) is 23.7 Å². The molecular weight excluding hydrogens is 128 g/mol. The molecule has 2 atom stereocenters. The molecule has 10 heavy (non-hydrogen) atoms. The molecule has 0 heterocycles. The molecule has 1 aliphatic carbocycles. The third kappa shape index (κ3) is 1.15. The van der Waals surface area contributed by atoms with Crippen molar-refractivity contribution < 1.29 is 10.2 Å². The van der Waals surface area contributed by atoms with E-state index in [1.54, 1.807) is 12.2 Å². The van der Waals surface area contributed by atoms with Gasteiger partial charge in [-0.05, 0) is 12.2 Å². The van der Waals surface area contributed by atoms with Crippen molar-refractivity contribution in [2.24, 2.45) is 11.8 Å². The molecule has 0 spiro atoms. The zero-order chi connectivity index (χ0) is 7.72. The molecule has 0 bridgehead atoms. The van der Waals surface area contributed by atoms with Gasteiger partial charge in [-0.25, -0.2) is 0 Å². The molecule has 0 aliphatic heterocycles. The van der Waals surface area contributed by atoms with Crippen LogP contribution in [0.5, 0.6) is 0 Å². The molecule has 0 fully saturated rings. The predicted octanol–water partition coefficient (Wildman–Crippen LogP) is 2.16. The Labute approximate surface area is 60.5 Å². The summed E-state index contributed by atoms with van der Waals surface area (Å²) in [6, 6.07) is 0. The van der Waals surface area contributed by atoms with Crippen molar-refractivity contribution in [1.82, 2.24) is 0 Å². The van der Waals surface area contributed by atoms with Crippen molar-refractivity contribution >= 4 is 0 Å². The van der Waals surface area contributed by atoms with Crippen LogP contribution in [-0.2, 0) is 0 Å². The van der Waals surface area contributed by atoms with E-state index in [9.17, 15) is 10.2 Å². The maximum absolute atomic E-state index is 9.17. The summed E-state index contributed by atoms with van der Waals surface area (Å²) in [5, 5.41) is 18.3. The molecular formula is C8H12O2. The third-order valence-electron chi connectivity index (χ3n) is 1.77. The Balaban J connectivity index is 2.81. The van der Waals surface area contributed by atoms with E-state index in [0.717, 1.165) is 0 Å². The van der Waals surface area contributed by atoms with E-state index in [1.165, 1.54) is 0 Å². The quantitative estimate of drug-likeness (QED) is 0.541. The predicted molar refractivity (Wildman–Crippen MR) is 39.8 cm³/mol. The molecule has 0 aromatic heterocycles. The summed E-state index contributed by atoms with van der Waals surface area (Å²) in [5.74, 6) is 0.642. The van der Waals surface area contributed by atoms with Gasteiger partial charge in [0.25, 0.3) is 0 Å². The Morgan fingerprint density at radius 1 is 1.00 bits per heavy atom. The van der Waals surface area contributed by atoms with Crippen LogP contribution in [0.1, 0.15) is 13.8 Å². The number of hydrogen-bond donors (Lipinski definition) is 2. The molecule has 2 nitrogen and oxygen atoms in total. The highest BCUT2D eigenvalue weighted by atomic mass is 16.3. The Hall–Kier alpha value is -0.920. The summed E-state index contributed by atoms with van der Waals surface area (Å²) in [6.07, 6.45) is 3.33. The number of rotatable bonds is 0.